The van der Waals surface area contributed by atoms with Crippen LogP contribution in [-0.2, 0) is 14.3 Å². The summed E-state index contributed by atoms with van der Waals surface area (Å²) in [6.07, 6.45) is 1.09. The Hall–Kier alpha value is -2.86. The van der Waals surface area contributed by atoms with Crippen LogP contribution in [0.3, 0.4) is 0 Å². The van der Waals surface area contributed by atoms with E-state index in [0.717, 1.165) is 32.7 Å². The zero-order chi connectivity index (χ0) is 24.4. The van der Waals surface area contributed by atoms with E-state index < -0.39 is 5.92 Å². The highest BCUT2D eigenvalue weighted by Crippen LogP contribution is 2.46. The van der Waals surface area contributed by atoms with Crippen molar-refractivity contribution in [1.29, 1.82) is 0 Å². The fourth-order valence-corrected chi connectivity index (χ4v) is 5.18. The van der Waals surface area contributed by atoms with Crippen molar-refractivity contribution in [3.8, 4) is 5.75 Å². The van der Waals surface area contributed by atoms with E-state index >= 15 is 0 Å². The Morgan fingerprint density at radius 2 is 1.85 bits per heavy atom. The Labute approximate surface area is 209 Å². The number of methoxy groups -OCH3 is 1. The lowest BCUT2D eigenvalue weighted by Crippen LogP contribution is -2.36. The molecule has 5 nitrogen and oxygen atoms in total. The van der Waals surface area contributed by atoms with E-state index in [-0.39, 0.29) is 23.6 Å². The molecule has 0 unspecified atom stereocenters. The van der Waals surface area contributed by atoms with Crippen LogP contribution >= 0.6 is 15.9 Å². The molecule has 1 heterocycles. The molecule has 0 saturated heterocycles. The highest BCUT2D eigenvalue weighted by Gasteiger charge is 2.41. The molecule has 6 heteroatoms. The predicted octanol–water partition coefficient (Wildman–Crippen LogP) is 6.02. The maximum Gasteiger partial charge on any atom is 0.336 e. The van der Waals surface area contributed by atoms with Gasteiger partial charge in [0.15, 0.2) is 5.78 Å². The quantitative estimate of drug-likeness (QED) is 0.469. The molecule has 2 aliphatic rings. The summed E-state index contributed by atoms with van der Waals surface area (Å²) in [6.45, 7) is 6.23. The third-order valence-electron chi connectivity index (χ3n) is 6.36. The zero-order valence-corrected chi connectivity index (χ0v) is 21.6. The summed E-state index contributed by atoms with van der Waals surface area (Å²) in [5.74, 6) is 0.302. The van der Waals surface area contributed by atoms with E-state index in [1.165, 1.54) is 0 Å². The number of nitrogens with one attached hydrogen (secondary N) is 1. The van der Waals surface area contributed by atoms with Gasteiger partial charge in [-0.3, -0.25) is 4.79 Å². The van der Waals surface area contributed by atoms with Crippen molar-refractivity contribution in [3.63, 3.8) is 0 Å². The normalized spacial score (nSPS) is 20.2. The number of esters is 1. The van der Waals surface area contributed by atoms with Crippen LogP contribution < -0.4 is 10.1 Å². The second-order valence-electron chi connectivity index (χ2n) is 9.34. The molecule has 2 aromatic carbocycles. The molecule has 4 rings (SSSR count). The summed E-state index contributed by atoms with van der Waals surface area (Å²) >= 11 is 3.55. The Morgan fingerprint density at radius 3 is 2.50 bits per heavy atom. The molecule has 0 radical (unpaired) electrons. The Bertz CT molecular complexity index is 1160. The summed E-state index contributed by atoms with van der Waals surface area (Å²) in [4.78, 5) is 26.9. The van der Waals surface area contributed by atoms with Crippen LogP contribution in [-0.4, -0.2) is 25.5 Å². The lowest BCUT2D eigenvalue weighted by Gasteiger charge is -2.36. The second-order valence-corrected chi connectivity index (χ2v) is 10.3. The topological polar surface area (TPSA) is 64.6 Å². The van der Waals surface area contributed by atoms with Crippen molar-refractivity contribution in [2.75, 3.05) is 13.7 Å². The first-order chi connectivity index (χ1) is 16.3. The number of Topliss-reactive ketones (excluding diaryl/α,β-unsaturated/α-hetero) is 1. The van der Waals surface area contributed by atoms with Gasteiger partial charge in [0.25, 0.3) is 0 Å². The minimum Gasteiger partial charge on any atom is -0.497 e. The molecule has 0 aromatic heterocycles. The van der Waals surface area contributed by atoms with Crippen LogP contribution in [0.2, 0.25) is 0 Å². The largest absolute Gasteiger partial charge is 0.497 e. The molecule has 1 N–H and O–H groups in total. The van der Waals surface area contributed by atoms with Gasteiger partial charge >= 0.3 is 5.97 Å². The molecule has 1 aliphatic carbocycles. The molecular formula is C28H30BrNO4. The number of hydrogen-bond donors (Lipinski definition) is 1. The van der Waals surface area contributed by atoms with Crippen LogP contribution in [0.5, 0.6) is 5.75 Å². The highest BCUT2D eigenvalue weighted by atomic mass is 79.9. The van der Waals surface area contributed by atoms with Crippen LogP contribution in [0, 0.1) is 5.92 Å². The lowest BCUT2D eigenvalue weighted by atomic mass is 9.72. The minimum absolute atomic E-state index is 0.0567. The molecule has 0 spiro atoms. The van der Waals surface area contributed by atoms with E-state index in [0.29, 0.717) is 30.6 Å². The van der Waals surface area contributed by atoms with Crippen molar-refractivity contribution < 1.29 is 19.1 Å². The second kappa shape index (κ2) is 10.2. The Kier molecular flexibility index (Phi) is 7.27. The number of rotatable bonds is 6. The van der Waals surface area contributed by atoms with Gasteiger partial charge < -0.3 is 14.8 Å². The van der Waals surface area contributed by atoms with E-state index in [2.05, 4.69) is 21.2 Å². The zero-order valence-electron chi connectivity index (χ0n) is 20.0. The van der Waals surface area contributed by atoms with Crippen molar-refractivity contribution >= 4 is 27.7 Å². The van der Waals surface area contributed by atoms with Crippen molar-refractivity contribution in [2.45, 2.75) is 45.4 Å². The third kappa shape index (κ3) is 4.97. The summed E-state index contributed by atoms with van der Waals surface area (Å²) in [5, 5.41) is 3.41. The number of ether oxygens (including phenoxy) is 2. The first-order valence-corrected chi connectivity index (χ1v) is 12.4. The number of benzene rings is 2. The van der Waals surface area contributed by atoms with Crippen LogP contribution in [0.4, 0.5) is 0 Å². The molecular weight excluding hydrogens is 494 g/mol. The van der Waals surface area contributed by atoms with E-state index in [1.54, 1.807) is 7.11 Å². The molecule has 0 amide bonds. The standard InChI is InChI=1S/C28H30BrNO4/c1-16(2)15-34-28(32)25-17(3)30-23-13-20(18-8-10-22(33-4)11-9-18)14-24(31)27(23)26(25)19-6-5-7-21(29)12-19/h5-12,16,20,26,30H,13-15H2,1-4H3/t20-,26+/m0/s1. The molecule has 34 heavy (non-hydrogen) atoms. The molecule has 1 aliphatic heterocycles. The van der Waals surface area contributed by atoms with Gasteiger partial charge in [-0.25, -0.2) is 4.79 Å². The van der Waals surface area contributed by atoms with Gasteiger partial charge in [-0.05, 0) is 60.6 Å². The van der Waals surface area contributed by atoms with E-state index in [1.807, 2.05) is 69.3 Å². The first kappa shape index (κ1) is 24.3. The summed E-state index contributed by atoms with van der Waals surface area (Å²) < 4.78 is 11.8. The monoisotopic (exact) mass is 523 g/mol. The number of dihydropyridines is 1. The SMILES string of the molecule is COc1ccc([C@@H]2CC(=O)C3=C(C2)NC(C)=C(C(=O)OCC(C)C)[C@H]3c2cccc(Br)c2)cc1. The molecule has 0 saturated carbocycles. The maximum atomic E-state index is 13.6. The van der Waals surface area contributed by atoms with Gasteiger partial charge in [0.05, 0.1) is 19.3 Å². The molecule has 0 bridgehead atoms. The number of carbonyl (C=O) groups excluding carboxylic acids is 2. The Morgan fingerprint density at radius 1 is 1.12 bits per heavy atom. The number of allylic oxidation sites excluding steroid dienone is 3. The van der Waals surface area contributed by atoms with E-state index in [4.69, 9.17) is 9.47 Å². The van der Waals surface area contributed by atoms with Crippen molar-refractivity contribution in [1.82, 2.24) is 5.32 Å². The van der Waals surface area contributed by atoms with Gasteiger partial charge in [0.2, 0.25) is 0 Å². The smallest absolute Gasteiger partial charge is 0.336 e. The maximum absolute atomic E-state index is 13.6. The number of hydrogen-bond acceptors (Lipinski definition) is 5. The minimum atomic E-state index is -0.460. The highest BCUT2D eigenvalue weighted by molar-refractivity contribution is 9.10. The van der Waals surface area contributed by atoms with Crippen LogP contribution in [0.1, 0.15) is 56.6 Å². The van der Waals surface area contributed by atoms with Crippen molar-refractivity contribution in [2.24, 2.45) is 5.92 Å². The van der Waals surface area contributed by atoms with Gasteiger partial charge in [0, 0.05) is 33.8 Å². The predicted molar refractivity (Wildman–Crippen MR) is 136 cm³/mol. The number of halogens is 1. The van der Waals surface area contributed by atoms with Crippen molar-refractivity contribution in [3.05, 3.63) is 86.7 Å². The summed E-state index contributed by atoms with van der Waals surface area (Å²) in [6, 6.07) is 15.7. The average molecular weight is 524 g/mol. The molecule has 2 aromatic rings. The fraction of sp³-hybridized carbons (Fsp3) is 0.357. The van der Waals surface area contributed by atoms with Crippen LogP contribution in [0.15, 0.2) is 75.5 Å². The first-order valence-electron chi connectivity index (χ1n) is 11.6. The fourth-order valence-electron chi connectivity index (χ4n) is 4.76. The van der Waals surface area contributed by atoms with Gasteiger partial charge in [0.1, 0.15) is 5.75 Å². The van der Waals surface area contributed by atoms with E-state index in [9.17, 15) is 9.59 Å². The van der Waals surface area contributed by atoms with Gasteiger partial charge in [-0.2, -0.15) is 0 Å². The lowest BCUT2D eigenvalue weighted by molar-refractivity contribution is -0.140. The Balaban J connectivity index is 1.74. The summed E-state index contributed by atoms with van der Waals surface area (Å²) in [5.41, 5.74) is 4.81. The number of ketones is 1. The van der Waals surface area contributed by atoms with Crippen LogP contribution in [0.25, 0.3) is 0 Å². The van der Waals surface area contributed by atoms with Gasteiger partial charge in [-0.15, -0.1) is 0 Å². The summed E-state index contributed by atoms with van der Waals surface area (Å²) in [7, 11) is 1.64. The molecule has 0 fully saturated rings. The molecule has 2 atom stereocenters. The molecule has 178 valence electrons. The average Bonchev–Trinajstić information content (AvgIpc) is 2.81. The van der Waals surface area contributed by atoms with Gasteiger partial charge in [-0.1, -0.05) is 54.0 Å². The third-order valence-corrected chi connectivity index (χ3v) is 6.86. The number of carbonyl (C=O) groups is 2.